The van der Waals surface area contributed by atoms with E-state index in [0.29, 0.717) is 18.8 Å². The van der Waals surface area contributed by atoms with Crippen molar-refractivity contribution < 1.29 is 14.7 Å². The number of amides is 2. The highest BCUT2D eigenvalue weighted by Gasteiger charge is 2.36. The molecule has 2 saturated heterocycles. The molecule has 1 aromatic heterocycles. The lowest BCUT2D eigenvalue weighted by atomic mass is 9.74. The average Bonchev–Trinajstić information content (AvgIpc) is 3.53. The topological polar surface area (TPSA) is 128 Å². The van der Waals surface area contributed by atoms with Gasteiger partial charge in [-0.3, -0.25) is 9.59 Å². The van der Waals surface area contributed by atoms with Gasteiger partial charge in [0, 0.05) is 38.8 Å². The number of aliphatic hydroxyl groups excluding tert-OH is 1. The first-order valence-electron chi connectivity index (χ1n) is 15.5. The molecule has 0 radical (unpaired) electrons. The van der Waals surface area contributed by atoms with Gasteiger partial charge in [0.05, 0.1) is 18.8 Å². The van der Waals surface area contributed by atoms with Crippen LogP contribution in [0.2, 0.25) is 0 Å². The molecule has 2 atom stereocenters. The van der Waals surface area contributed by atoms with Crippen LogP contribution in [-0.2, 0) is 10.2 Å². The van der Waals surface area contributed by atoms with Gasteiger partial charge in [-0.2, -0.15) is 0 Å². The largest absolute Gasteiger partial charge is 0.394 e. The van der Waals surface area contributed by atoms with Gasteiger partial charge in [-0.05, 0) is 80.6 Å². The lowest BCUT2D eigenvalue weighted by molar-refractivity contribution is -0.130. The number of piperidine rings is 2. The minimum atomic E-state index is -0.665. The van der Waals surface area contributed by atoms with Gasteiger partial charge in [-0.1, -0.05) is 31.9 Å². The van der Waals surface area contributed by atoms with Crippen molar-refractivity contribution in [3.05, 3.63) is 41.7 Å². The summed E-state index contributed by atoms with van der Waals surface area (Å²) in [5.74, 6) is 0.191. The Bertz CT molecular complexity index is 1240. The Labute approximate surface area is 249 Å². The molecule has 0 spiro atoms. The SMILES string of the molecule is CN(C)C(=O)C[C@@H]1CCCN(c2cnc(C(N)=O)c(Nc3ccc(C4(C)CCN(C5CCCC5)CC4)cc3)n2)[C@H]1CO. The molecule has 0 bridgehead atoms. The summed E-state index contributed by atoms with van der Waals surface area (Å²) in [6, 6.07) is 8.92. The minimum absolute atomic E-state index is 0.00776. The van der Waals surface area contributed by atoms with Gasteiger partial charge < -0.3 is 30.9 Å². The zero-order chi connectivity index (χ0) is 29.9. The highest BCUT2D eigenvalue weighted by atomic mass is 16.3. The normalized spacial score (nSPS) is 23.1. The first-order chi connectivity index (χ1) is 20.2. The summed E-state index contributed by atoms with van der Waals surface area (Å²) in [5.41, 5.74) is 8.00. The molecule has 2 aliphatic heterocycles. The van der Waals surface area contributed by atoms with Crippen LogP contribution in [0.1, 0.15) is 80.8 Å². The van der Waals surface area contributed by atoms with Crippen LogP contribution in [0.15, 0.2) is 30.5 Å². The van der Waals surface area contributed by atoms with E-state index in [0.717, 1.165) is 50.5 Å². The number of likely N-dealkylation sites (tertiary alicyclic amines) is 1. The number of carbonyl (C=O) groups excluding carboxylic acids is 2. The second kappa shape index (κ2) is 13.0. The molecule has 1 aromatic carbocycles. The molecule has 3 fully saturated rings. The summed E-state index contributed by atoms with van der Waals surface area (Å²) in [7, 11) is 3.49. The van der Waals surface area contributed by atoms with Crippen LogP contribution in [0.5, 0.6) is 0 Å². The Morgan fingerprint density at radius 2 is 1.76 bits per heavy atom. The number of rotatable bonds is 9. The number of hydrogen-bond acceptors (Lipinski definition) is 8. The Morgan fingerprint density at radius 3 is 2.38 bits per heavy atom. The van der Waals surface area contributed by atoms with Crippen LogP contribution in [-0.4, -0.2) is 89.1 Å². The van der Waals surface area contributed by atoms with Crippen molar-refractivity contribution in [1.82, 2.24) is 19.8 Å². The summed E-state index contributed by atoms with van der Waals surface area (Å²) in [4.78, 5) is 40.1. The maximum absolute atomic E-state index is 12.4. The number of aliphatic hydroxyl groups is 1. The van der Waals surface area contributed by atoms with E-state index in [2.05, 4.69) is 34.3 Å². The second-order valence-electron chi connectivity index (χ2n) is 12.9. The van der Waals surface area contributed by atoms with Crippen LogP contribution in [0.4, 0.5) is 17.3 Å². The number of anilines is 3. The molecule has 2 aromatic rings. The molecule has 42 heavy (non-hydrogen) atoms. The lowest BCUT2D eigenvalue weighted by Crippen LogP contribution is -2.49. The van der Waals surface area contributed by atoms with Gasteiger partial charge in [-0.25, -0.2) is 9.97 Å². The van der Waals surface area contributed by atoms with E-state index in [-0.39, 0.29) is 41.4 Å². The molecule has 2 amide bonds. The fourth-order valence-electron chi connectivity index (χ4n) is 7.13. The van der Waals surface area contributed by atoms with E-state index in [4.69, 9.17) is 10.7 Å². The molecule has 3 aliphatic rings. The second-order valence-corrected chi connectivity index (χ2v) is 12.9. The van der Waals surface area contributed by atoms with E-state index >= 15 is 0 Å². The van der Waals surface area contributed by atoms with Gasteiger partial charge in [0.1, 0.15) is 5.82 Å². The Hall–Kier alpha value is -3.24. The zero-order valence-corrected chi connectivity index (χ0v) is 25.4. The average molecular weight is 578 g/mol. The number of nitrogens with two attached hydrogens (primary N) is 1. The van der Waals surface area contributed by atoms with Crippen molar-refractivity contribution in [2.45, 2.75) is 82.2 Å². The van der Waals surface area contributed by atoms with E-state index in [1.165, 1.54) is 37.4 Å². The molecule has 3 heterocycles. The predicted molar refractivity (Wildman–Crippen MR) is 165 cm³/mol. The maximum Gasteiger partial charge on any atom is 0.271 e. The van der Waals surface area contributed by atoms with Crippen LogP contribution in [0.3, 0.4) is 0 Å². The van der Waals surface area contributed by atoms with Crippen molar-refractivity contribution in [3.8, 4) is 0 Å². The van der Waals surface area contributed by atoms with Crippen LogP contribution in [0.25, 0.3) is 0 Å². The number of benzene rings is 1. The highest BCUT2D eigenvalue weighted by molar-refractivity contribution is 5.96. The molecule has 1 aliphatic carbocycles. The molecule has 228 valence electrons. The Balaban J connectivity index is 1.31. The van der Waals surface area contributed by atoms with Crippen molar-refractivity contribution in [3.63, 3.8) is 0 Å². The number of nitrogens with zero attached hydrogens (tertiary/aromatic N) is 5. The summed E-state index contributed by atoms with van der Waals surface area (Å²) >= 11 is 0. The Morgan fingerprint density at radius 1 is 1.07 bits per heavy atom. The monoisotopic (exact) mass is 577 g/mol. The number of aromatic nitrogens is 2. The van der Waals surface area contributed by atoms with Crippen LogP contribution in [0, 0.1) is 5.92 Å². The van der Waals surface area contributed by atoms with Crippen molar-refractivity contribution in [1.29, 1.82) is 0 Å². The van der Waals surface area contributed by atoms with Crippen molar-refractivity contribution >= 4 is 29.1 Å². The summed E-state index contributed by atoms with van der Waals surface area (Å²) in [6.07, 6.45) is 11.4. The number of primary amides is 1. The molecule has 5 rings (SSSR count). The summed E-state index contributed by atoms with van der Waals surface area (Å²) in [5, 5.41) is 13.6. The molecular weight excluding hydrogens is 530 g/mol. The third kappa shape index (κ3) is 6.54. The Kier molecular flexibility index (Phi) is 9.32. The predicted octanol–water partition coefficient (Wildman–Crippen LogP) is 3.67. The van der Waals surface area contributed by atoms with E-state index in [1.54, 1.807) is 19.0 Å². The fourth-order valence-corrected chi connectivity index (χ4v) is 7.13. The highest BCUT2D eigenvalue weighted by Crippen LogP contribution is 2.38. The number of hydrogen-bond donors (Lipinski definition) is 3. The summed E-state index contributed by atoms with van der Waals surface area (Å²) < 4.78 is 0. The summed E-state index contributed by atoms with van der Waals surface area (Å²) in [6.45, 7) is 5.25. The first-order valence-corrected chi connectivity index (χ1v) is 15.5. The number of nitrogens with one attached hydrogen (secondary N) is 1. The van der Waals surface area contributed by atoms with Gasteiger partial charge >= 0.3 is 0 Å². The van der Waals surface area contributed by atoms with Crippen molar-refractivity contribution in [2.75, 3.05) is 50.6 Å². The third-order valence-corrected chi connectivity index (χ3v) is 9.92. The van der Waals surface area contributed by atoms with Crippen molar-refractivity contribution in [2.24, 2.45) is 11.7 Å². The third-order valence-electron chi connectivity index (χ3n) is 9.92. The maximum atomic E-state index is 12.4. The lowest BCUT2D eigenvalue weighted by Gasteiger charge is -2.42. The molecule has 4 N–H and O–H groups in total. The molecule has 10 heteroatoms. The molecule has 1 saturated carbocycles. The quantitative estimate of drug-likeness (QED) is 0.412. The zero-order valence-electron chi connectivity index (χ0n) is 25.4. The van der Waals surface area contributed by atoms with E-state index < -0.39 is 5.91 Å². The molecule has 0 unspecified atom stereocenters. The van der Waals surface area contributed by atoms with Crippen LogP contribution < -0.4 is 16.0 Å². The van der Waals surface area contributed by atoms with Gasteiger partial charge in [0.15, 0.2) is 11.5 Å². The molecule has 10 nitrogen and oxygen atoms in total. The standard InChI is InChI=1S/C32H47N7O3/c1-32(14-17-38(18-15-32)25-8-4-5-9-25)23-10-12-24(13-11-23)35-31-29(30(33)42)34-20-27(36-31)39-16-6-7-22(26(39)21-40)19-28(41)37(2)3/h10-13,20,22,25-26,40H,4-9,14-19,21H2,1-3H3,(H2,33,42)(H,35,36)/t22-,26-/m0/s1. The minimum Gasteiger partial charge on any atom is -0.394 e. The van der Waals surface area contributed by atoms with E-state index in [1.807, 2.05) is 17.0 Å². The van der Waals surface area contributed by atoms with Gasteiger partial charge in [0.2, 0.25) is 5.91 Å². The van der Waals surface area contributed by atoms with Gasteiger partial charge in [-0.15, -0.1) is 0 Å². The van der Waals surface area contributed by atoms with E-state index in [9.17, 15) is 14.7 Å². The molecular formula is C32H47N7O3. The van der Waals surface area contributed by atoms with Gasteiger partial charge in [0.25, 0.3) is 5.91 Å². The first kappa shape index (κ1) is 30.2. The fraction of sp³-hybridized carbons (Fsp3) is 0.625. The smallest absolute Gasteiger partial charge is 0.271 e. The van der Waals surface area contributed by atoms with Crippen LogP contribution >= 0.6 is 0 Å². The number of carbonyl (C=O) groups is 2.